The zero-order valence-corrected chi connectivity index (χ0v) is 5.84. The molecular formula is C7H12N2O. The fraction of sp³-hybridized carbons (Fsp3) is 0.857. The molecule has 2 rings (SSSR count). The smallest absolute Gasteiger partial charge is 0.224 e. The highest BCUT2D eigenvalue weighted by Gasteiger charge is 2.39. The second kappa shape index (κ2) is 1.95. The molecule has 2 bridgehead atoms. The molecule has 0 aromatic heterocycles. The summed E-state index contributed by atoms with van der Waals surface area (Å²) in [7, 11) is 0. The third-order valence-electron chi connectivity index (χ3n) is 2.59. The van der Waals surface area contributed by atoms with Crippen LogP contribution in [-0.4, -0.2) is 18.0 Å². The van der Waals surface area contributed by atoms with Crippen LogP contribution < -0.4 is 11.1 Å². The summed E-state index contributed by atoms with van der Waals surface area (Å²) in [5.74, 6) is 0.300. The molecule has 0 radical (unpaired) electrons. The van der Waals surface area contributed by atoms with Crippen LogP contribution in [0.4, 0.5) is 0 Å². The number of rotatable bonds is 0. The molecule has 3 nitrogen and oxygen atoms in total. The Labute approximate surface area is 60.0 Å². The van der Waals surface area contributed by atoms with Gasteiger partial charge in [0.15, 0.2) is 0 Å². The molecule has 3 heteroatoms. The van der Waals surface area contributed by atoms with Crippen LogP contribution in [0.1, 0.15) is 19.3 Å². The van der Waals surface area contributed by atoms with Gasteiger partial charge in [0.05, 0.1) is 5.92 Å². The first-order chi connectivity index (χ1) is 4.77. The number of carbonyl (C=O) groups is 1. The lowest BCUT2D eigenvalue weighted by Crippen LogP contribution is -2.35. The number of fused-ring (bicyclic) bond motifs is 2. The van der Waals surface area contributed by atoms with Crippen molar-refractivity contribution in [2.45, 2.75) is 31.3 Å². The third kappa shape index (κ3) is 0.736. The molecule has 2 aliphatic rings. The zero-order valence-electron chi connectivity index (χ0n) is 5.84. The van der Waals surface area contributed by atoms with Crippen LogP contribution in [0.25, 0.3) is 0 Å². The first-order valence-electron chi connectivity index (χ1n) is 3.83. The van der Waals surface area contributed by atoms with Gasteiger partial charge in [0, 0.05) is 12.1 Å². The van der Waals surface area contributed by atoms with E-state index in [0.717, 1.165) is 19.3 Å². The first kappa shape index (κ1) is 6.16. The van der Waals surface area contributed by atoms with E-state index in [0.29, 0.717) is 6.04 Å². The predicted octanol–water partition coefficient (Wildman–Crippen LogP) is -0.388. The summed E-state index contributed by atoms with van der Waals surface area (Å²) in [6.07, 6.45) is 3.05. The Morgan fingerprint density at radius 2 is 2.30 bits per heavy atom. The highest BCUT2D eigenvalue weighted by atomic mass is 16.2. The Kier molecular flexibility index (Phi) is 1.20. The van der Waals surface area contributed by atoms with Crippen molar-refractivity contribution in [1.82, 2.24) is 5.32 Å². The van der Waals surface area contributed by atoms with E-state index in [-0.39, 0.29) is 17.9 Å². The van der Waals surface area contributed by atoms with E-state index < -0.39 is 0 Å². The van der Waals surface area contributed by atoms with Gasteiger partial charge in [0.2, 0.25) is 5.91 Å². The lowest BCUT2D eigenvalue weighted by molar-refractivity contribution is -0.122. The molecule has 1 aliphatic heterocycles. The Morgan fingerprint density at radius 1 is 1.50 bits per heavy atom. The number of hydrogen-bond acceptors (Lipinski definition) is 2. The zero-order chi connectivity index (χ0) is 7.14. The minimum atomic E-state index is 0.124. The SMILES string of the molecule is N[C@H]1CC[C@H]2C[C@@H]1C(=O)N2. The molecule has 3 atom stereocenters. The molecule has 56 valence electrons. The van der Waals surface area contributed by atoms with E-state index in [1.54, 1.807) is 0 Å². The molecule has 1 aliphatic carbocycles. The van der Waals surface area contributed by atoms with Crippen LogP contribution in [0.5, 0.6) is 0 Å². The minimum Gasteiger partial charge on any atom is -0.353 e. The van der Waals surface area contributed by atoms with Crippen LogP contribution in [0.15, 0.2) is 0 Å². The fourth-order valence-electron chi connectivity index (χ4n) is 1.93. The predicted molar refractivity (Wildman–Crippen MR) is 37.2 cm³/mol. The second-order valence-corrected chi connectivity index (χ2v) is 3.29. The summed E-state index contributed by atoms with van der Waals surface area (Å²) in [6, 6.07) is 0.566. The lowest BCUT2D eigenvalue weighted by Gasteiger charge is -2.21. The average Bonchev–Trinajstić information content (AvgIpc) is 2.21. The molecule has 1 heterocycles. The van der Waals surface area contributed by atoms with Crippen molar-refractivity contribution >= 4 is 5.91 Å². The van der Waals surface area contributed by atoms with Crippen molar-refractivity contribution in [2.24, 2.45) is 11.7 Å². The average molecular weight is 140 g/mol. The quantitative estimate of drug-likeness (QED) is 0.481. The van der Waals surface area contributed by atoms with E-state index in [4.69, 9.17) is 5.73 Å². The lowest BCUT2D eigenvalue weighted by atomic mass is 9.86. The van der Waals surface area contributed by atoms with Gasteiger partial charge in [0.25, 0.3) is 0 Å². The molecule has 3 N–H and O–H groups in total. The maximum Gasteiger partial charge on any atom is 0.224 e. The third-order valence-corrected chi connectivity index (χ3v) is 2.59. The van der Waals surface area contributed by atoms with E-state index in [1.807, 2.05) is 0 Å². The molecule has 1 saturated carbocycles. The fourth-order valence-corrected chi connectivity index (χ4v) is 1.93. The van der Waals surface area contributed by atoms with Crippen LogP contribution in [0.2, 0.25) is 0 Å². The normalized spacial score (nSPS) is 45.3. The molecule has 10 heavy (non-hydrogen) atoms. The van der Waals surface area contributed by atoms with Gasteiger partial charge in [-0.05, 0) is 19.3 Å². The minimum absolute atomic E-state index is 0.124. The Hall–Kier alpha value is -0.570. The van der Waals surface area contributed by atoms with Crippen molar-refractivity contribution in [1.29, 1.82) is 0 Å². The highest BCUT2D eigenvalue weighted by Crippen LogP contribution is 2.28. The van der Waals surface area contributed by atoms with E-state index in [2.05, 4.69) is 5.32 Å². The molecule has 0 spiro atoms. The van der Waals surface area contributed by atoms with Gasteiger partial charge < -0.3 is 11.1 Å². The number of nitrogens with one attached hydrogen (secondary N) is 1. The number of nitrogens with two attached hydrogens (primary N) is 1. The van der Waals surface area contributed by atoms with Gasteiger partial charge in [0.1, 0.15) is 0 Å². The summed E-state index contributed by atoms with van der Waals surface area (Å²) in [6.45, 7) is 0. The Balaban J connectivity index is 2.17. The topological polar surface area (TPSA) is 55.1 Å². The van der Waals surface area contributed by atoms with Gasteiger partial charge in [-0.1, -0.05) is 0 Å². The summed E-state index contributed by atoms with van der Waals surface area (Å²) in [5.41, 5.74) is 5.75. The van der Waals surface area contributed by atoms with E-state index in [9.17, 15) is 4.79 Å². The largest absolute Gasteiger partial charge is 0.353 e. The molecular weight excluding hydrogens is 128 g/mol. The van der Waals surface area contributed by atoms with Crippen LogP contribution >= 0.6 is 0 Å². The first-order valence-corrected chi connectivity index (χ1v) is 3.83. The van der Waals surface area contributed by atoms with E-state index in [1.165, 1.54) is 0 Å². The van der Waals surface area contributed by atoms with Gasteiger partial charge in [-0.25, -0.2) is 0 Å². The molecule has 0 aromatic carbocycles. The number of amides is 1. The van der Waals surface area contributed by atoms with Gasteiger partial charge in [-0.15, -0.1) is 0 Å². The highest BCUT2D eigenvalue weighted by molar-refractivity contribution is 5.82. The van der Waals surface area contributed by atoms with Crippen LogP contribution in [-0.2, 0) is 4.79 Å². The van der Waals surface area contributed by atoms with Crippen molar-refractivity contribution in [3.8, 4) is 0 Å². The maximum atomic E-state index is 11.1. The monoisotopic (exact) mass is 140 g/mol. The van der Waals surface area contributed by atoms with Crippen molar-refractivity contribution < 1.29 is 4.79 Å². The Bertz CT molecular complexity index is 169. The van der Waals surface area contributed by atoms with Crippen molar-refractivity contribution in [2.75, 3.05) is 0 Å². The van der Waals surface area contributed by atoms with Gasteiger partial charge in [-0.2, -0.15) is 0 Å². The summed E-state index contributed by atoms with van der Waals surface area (Å²) < 4.78 is 0. The molecule has 0 aromatic rings. The molecule has 1 amide bonds. The molecule has 0 unspecified atom stereocenters. The second-order valence-electron chi connectivity index (χ2n) is 3.29. The van der Waals surface area contributed by atoms with Crippen LogP contribution in [0.3, 0.4) is 0 Å². The van der Waals surface area contributed by atoms with Crippen molar-refractivity contribution in [3.63, 3.8) is 0 Å². The standard InChI is InChI=1S/C7H12N2O/c8-6-2-1-4-3-5(6)7(10)9-4/h4-6H,1-3,8H2,(H,9,10)/t4-,5-,6-/m0/s1. The summed E-state index contributed by atoms with van der Waals surface area (Å²) in [5, 5.41) is 2.93. The maximum absolute atomic E-state index is 11.1. The summed E-state index contributed by atoms with van der Waals surface area (Å²) >= 11 is 0. The molecule has 2 fully saturated rings. The molecule has 1 saturated heterocycles. The number of hydrogen-bond donors (Lipinski definition) is 2. The van der Waals surface area contributed by atoms with Crippen LogP contribution in [0, 0.1) is 5.92 Å². The van der Waals surface area contributed by atoms with Crippen molar-refractivity contribution in [3.05, 3.63) is 0 Å². The van der Waals surface area contributed by atoms with Gasteiger partial charge in [-0.3, -0.25) is 4.79 Å². The Morgan fingerprint density at radius 3 is 3.00 bits per heavy atom. The van der Waals surface area contributed by atoms with Gasteiger partial charge >= 0.3 is 0 Å². The number of carbonyl (C=O) groups excluding carboxylic acids is 1. The summed E-state index contributed by atoms with van der Waals surface area (Å²) in [4.78, 5) is 11.1. The van der Waals surface area contributed by atoms with E-state index >= 15 is 0 Å².